The predicted octanol–water partition coefficient (Wildman–Crippen LogP) is 3.94. The molecule has 0 saturated heterocycles. The highest BCUT2D eigenvalue weighted by Crippen LogP contribution is 2.68. The molecule has 88 valence electrons. The molecule has 1 aliphatic rings. The molecule has 0 bridgehead atoms. The maximum absolute atomic E-state index is 4.06. The van der Waals surface area contributed by atoms with Crippen molar-refractivity contribution in [3.05, 3.63) is 22.9 Å². The summed E-state index contributed by atoms with van der Waals surface area (Å²) in [4.78, 5) is 4.06. The average Bonchev–Trinajstić information content (AvgIpc) is 2.58. The molecule has 2 nitrogen and oxygen atoms in total. The summed E-state index contributed by atoms with van der Waals surface area (Å²) in [7, 11) is 0. The van der Waals surface area contributed by atoms with Crippen LogP contribution in [0.2, 0.25) is 0 Å². The Bertz CT molecular complexity index is 385. The van der Waals surface area contributed by atoms with Crippen LogP contribution in [0, 0.1) is 16.7 Å². The Morgan fingerprint density at radius 1 is 1.31 bits per heavy atom. The predicted molar refractivity (Wildman–Crippen MR) is 71.5 cm³/mol. The second-order valence-electron chi connectivity index (χ2n) is 5.73. The highest BCUT2D eigenvalue weighted by Gasteiger charge is 2.63. The maximum Gasteiger partial charge on any atom is 0.0590 e. The third-order valence-corrected chi connectivity index (χ3v) is 5.22. The van der Waals surface area contributed by atoms with Gasteiger partial charge in [-0.2, -0.15) is 0 Å². The number of nitrogens with zero attached hydrogens (tertiary/aromatic N) is 1. The fourth-order valence-corrected chi connectivity index (χ4v) is 2.96. The molecule has 1 saturated carbocycles. The number of halogens is 1. The summed E-state index contributed by atoms with van der Waals surface area (Å²) in [6.07, 6.45) is 3.64. The van der Waals surface area contributed by atoms with Crippen LogP contribution in [0.25, 0.3) is 0 Å². The van der Waals surface area contributed by atoms with Gasteiger partial charge in [0.05, 0.1) is 10.2 Å². The van der Waals surface area contributed by atoms with Crippen molar-refractivity contribution in [3.63, 3.8) is 0 Å². The summed E-state index contributed by atoms with van der Waals surface area (Å²) < 4.78 is 1.03. The third-order valence-electron chi connectivity index (χ3n) is 4.59. The molecule has 1 aliphatic carbocycles. The average molecular weight is 283 g/mol. The van der Waals surface area contributed by atoms with Crippen LogP contribution in [0.15, 0.2) is 22.9 Å². The molecule has 1 fully saturated rings. The van der Waals surface area contributed by atoms with Gasteiger partial charge in [0.2, 0.25) is 0 Å². The molecule has 16 heavy (non-hydrogen) atoms. The molecule has 1 aromatic heterocycles. The fraction of sp³-hybridized carbons (Fsp3) is 0.615. The first-order chi connectivity index (χ1) is 7.37. The number of nitrogens with one attached hydrogen (secondary N) is 1. The molecular formula is C13H19BrN2. The van der Waals surface area contributed by atoms with Gasteiger partial charge < -0.3 is 5.32 Å². The lowest BCUT2D eigenvalue weighted by Crippen LogP contribution is -2.08. The van der Waals surface area contributed by atoms with Crippen molar-refractivity contribution in [3.8, 4) is 0 Å². The molecule has 0 atom stereocenters. The standard InChI is InChI=1S/C13H19BrN2/c1-12(2)11(13(12,3)4)8-16-10-5-6-15-7-9(10)14/h5-7,11H,8H2,1-4H3,(H,15,16). The minimum Gasteiger partial charge on any atom is -0.384 e. The summed E-state index contributed by atoms with van der Waals surface area (Å²) in [6.45, 7) is 10.4. The first kappa shape index (κ1) is 11.9. The molecule has 3 heteroatoms. The van der Waals surface area contributed by atoms with E-state index in [1.807, 2.05) is 18.5 Å². The van der Waals surface area contributed by atoms with E-state index >= 15 is 0 Å². The lowest BCUT2D eigenvalue weighted by molar-refractivity contribution is 0.457. The van der Waals surface area contributed by atoms with Gasteiger partial charge in [-0.1, -0.05) is 27.7 Å². The van der Waals surface area contributed by atoms with Gasteiger partial charge >= 0.3 is 0 Å². The van der Waals surface area contributed by atoms with Crippen LogP contribution >= 0.6 is 15.9 Å². The van der Waals surface area contributed by atoms with E-state index in [-0.39, 0.29) is 0 Å². The monoisotopic (exact) mass is 282 g/mol. The summed E-state index contributed by atoms with van der Waals surface area (Å²) in [5.74, 6) is 0.736. The first-order valence-corrected chi connectivity index (χ1v) is 6.50. The zero-order valence-electron chi connectivity index (χ0n) is 10.3. The van der Waals surface area contributed by atoms with Gasteiger partial charge in [0.15, 0.2) is 0 Å². The van der Waals surface area contributed by atoms with Crippen molar-refractivity contribution in [1.82, 2.24) is 4.98 Å². The SMILES string of the molecule is CC1(C)C(CNc2ccncc2Br)C1(C)C. The lowest BCUT2D eigenvalue weighted by Gasteiger charge is -2.08. The molecule has 1 N–H and O–H groups in total. The molecule has 0 amide bonds. The highest BCUT2D eigenvalue weighted by molar-refractivity contribution is 9.10. The van der Waals surface area contributed by atoms with E-state index in [4.69, 9.17) is 0 Å². The largest absolute Gasteiger partial charge is 0.384 e. The fourth-order valence-electron chi connectivity index (χ4n) is 2.57. The number of hydrogen-bond donors (Lipinski definition) is 1. The highest BCUT2D eigenvalue weighted by atomic mass is 79.9. The normalized spacial score (nSPS) is 21.8. The summed E-state index contributed by atoms with van der Waals surface area (Å²) in [5.41, 5.74) is 2.02. The Morgan fingerprint density at radius 2 is 1.94 bits per heavy atom. The van der Waals surface area contributed by atoms with Gasteiger partial charge in [-0.15, -0.1) is 0 Å². The van der Waals surface area contributed by atoms with Crippen LogP contribution in [-0.4, -0.2) is 11.5 Å². The zero-order chi connectivity index (χ0) is 12.0. The summed E-state index contributed by atoms with van der Waals surface area (Å²) in [6, 6.07) is 2.01. The number of hydrogen-bond acceptors (Lipinski definition) is 2. The molecule has 0 aromatic carbocycles. The molecule has 1 aromatic rings. The van der Waals surface area contributed by atoms with Crippen LogP contribution in [0.4, 0.5) is 5.69 Å². The van der Waals surface area contributed by atoms with Crippen LogP contribution in [0.3, 0.4) is 0 Å². The molecule has 1 heterocycles. The van der Waals surface area contributed by atoms with E-state index in [2.05, 4.69) is 53.9 Å². The first-order valence-electron chi connectivity index (χ1n) is 5.71. The molecule has 0 spiro atoms. The molecular weight excluding hydrogens is 264 g/mol. The second kappa shape index (κ2) is 3.73. The second-order valence-corrected chi connectivity index (χ2v) is 6.59. The van der Waals surface area contributed by atoms with Crippen LogP contribution in [0.5, 0.6) is 0 Å². The van der Waals surface area contributed by atoms with E-state index in [0.717, 1.165) is 22.6 Å². The smallest absolute Gasteiger partial charge is 0.0590 e. The van der Waals surface area contributed by atoms with Gasteiger partial charge in [0.25, 0.3) is 0 Å². The minimum absolute atomic E-state index is 0.444. The van der Waals surface area contributed by atoms with Gasteiger partial charge in [-0.05, 0) is 38.7 Å². The van der Waals surface area contributed by atoms with Gasteiger partial charge in [-0.25, -0.2) is 0 Å². The molecule has 0 radical (unpaired) electrons. The van der Waals surface area contributed by atoms with E-state index in [1.54, 1.807) is 0 Å². The Labute approximate surface area is 106 Å². The molecule has 0 aliphatic heterocycles. The van der Waals surface area contributed by atoms with Crippen molar-refractivity contribution in [1.29, 1.82) is 0 Å². The van der Waals surface area contributed by atoms with E-state index in [0.29, 0.717) is 10.8 Å². The Hall–Kier alpha value is -0.570. The van der Waals surface area contributed by atoms with Gasteiger partial charge in [0, 0.05) is 18.9 Å². The topological polar surface area (TPSA) is 24.9 Å². The van der Waals surface area contributed by atoms with Crippen molar-refractivity contribution in [2.45, 2.75) is 27.7 Å². The van der Waals surface area contributed by atoms with Gasteiger partial charge in [-0.3, -0.25) is 4.98 Å². The van der Waals surface area contributed by atoms with Crippen molar-refractivity contribution >= 4 is 21.6 Å². The summed E-state index contributed by atoms with van der Waals surface area (Å²) in [5, 5.41) is 3.50. The number of pyridine rings is 1. The maximum atomic E-state index is 4.06. The van der Waals surface area contributed by atoms with Gasteiger partial charge in [0.1, 0.15) is 0 Å². The van der Waals surface area contributed by atoms with E-state index < -0.39 is 0 Å². The lowest BCUT2D eigenvalue weighted by atomic mass is 10.0. The minimum atomic E-state index is 0.444. The number of aromatic nitrogens is 1. The molecule has 0 unspecified atom stereocenters. The number of rotatable bonds is 3. The van der Waals surface area contributed by atoms with Crippen molar-refractivity contribution in [2.24, 2.45) is 16.7 Å². The van der Waals surface area contributed by atoms with Crippen LogP contribution < -0.4 is 5.32 Å². The Morgan fingerprint density at radius 3 is 2.44 bits per heavy atom. The third kappa shape index (κ3) is 1.75. The van der Waals surface area contributed by atoms with Crippen LogP contribution in [-0.2, 0) is 0 Å². The number of anilines is 1. The van der Waals surface area contributed by atoms with Crippen molar-refractivity contribution < 1.29 is 0 Å². The summed E-state index contributed by atoms with van der Waals surface area (Å²) >= 11 is 3.50. The van der Waals surface area contributed by atoms with Crippen LogP contribution in [0.1, 0.15) is 27.7 Å². The Kier molecular flexibility index (Phi) is 2.77. The molecule has 2 rings (SSSR count). The zero-order valence-corrected chi connectivity index (χ0v) is 11.9. The quantitative estimate of drug-likeness (QED) is 0.909. The van der Waals surface area contributed by atoms with E-state index in [1.165, 1.54) is 0 Å². The Balaban J connectivity index is 1.98. The van der Waals surface area contributed by atoms with E-state index in [9.17, 15) is 0 Å². The van der Waals surface area contributed by atoms with Crippen molar-refractivity contribution in [2.75, 3.05) is 11.9 Å².